The third-order valence-electron chi connectivity index (χ3n) is 2.08. The van der Waals surface area contributed by atoms with Gasteiger partial charge in [-0.25, -0.2) is 4.98 Å². The van der Waals surface area contributed by atoms with Crippen LogP contribution in [-0.2, 0) is 6.54 Å². The first kappa shape index (κ1) is 13.4. The number of anilines is 1. The summed E-state index contributed by atoms with van der Waals surface area (Å²) in [6.07, 6.45) is 4.16. The van der Waals surface area contributed by atoms with E-state index in [9.17, 15) is 8.78 Å². The summed E-state index contributed by atoms with van der Waals surface area (Å²) >= 11 is 5.68. The number of halogens is 3. The molecular weight excluding hydrogens is 278 g/mol. The molecule has 8 heteroatoms. The maximum absolute atomic E-state index is 11.9. The second-order valence-electron chi connectivity index (χ2n) is 3.44. The second-order valence-corrected chi connectivity index (χ2v) is 3.83. The van der Waals surface area contributed by atoms with Gasteiger partial charge in [0, 0.05) is 0 Å². The lowest BCUT2D eigenvalue weighted by Crippen LogP contribution is -2.05. The molecule has 0 aliphatic heterocycles. The fourth-order valence-corrected chi connectivity index (χ4v) is 1.44. The van der Waals surface area contributed by atoms with E-state index >= 15 is 0 Å². The van der Waals surface area contributed by atoms with Gasteiger partial charge in [-0.15, -0.1) is 0 Å². The van der Waals surface area contributed by atoms with Crippen LogP contribution in [0.5, 0.6) is 5.75 Å². The van der Waals surface area contributed by atoms with Gasteiger partial charge in [0.2, 0.25) is 0 Å². The highest BCUT2D eigenvalue weighted by Crippen LogP contribution is 2.13. The summed E-state index contributed by atoms with van der Waals surface area (Å²) in [4.78, 5) is 11.8. The Morgan fingerprint density at radius 2 is 2.11 bits per heavy atom. The largest absolute Gasteiger partial charge is 0.433 e. The van der Waals surface area contributed by atoms with Crippen molar-refractivity contribution >= 4 is 17.4 Å². The van der Waals surface area contributed by atoms with Gasteiger partial charge in [-0.2, -0.15) is 8.78 Å². The van der Waals surface area contributed by atoms with Crippen LogP contribution in [-0.4, -0.2) is 21.6 Å². The maximum atomic E-state index is 11.9. The van der Waals surface area contributed by atoms with Crippen molar-refractivity contribution in [3.8, 4) is 5.75 Å². The quantitative estimate of drug-likeness (QED) is 0.916. The minimum Gasteiger partial charge on any atom is -0.433 e. The SMILES string of the molecule is FC(F)Oc1ccc(CNc2cncc(Cl)n2)nc1. The van der Waals surface area contributed by atoms with Crippen LogP contribution in [0.25, 0.3) is 0 Å². The molecule has 0 spiro atoms. The summed E-state index contributed by atoms with van der Waals surface area (Å²) in [6, 6.07) is 2.99. The molecule has 100 valence electrons. The van der Waals surface area contributed by atoms with Crippen molar-refractivity contribution in [3.63, 3.8) is 0 Å². The number of alkyl halides is 2. The monoisotopic (exact) mass is 286 g/mol. The Balaban J connectivity index is 1.93. The van der Waals surface area contributed by atoms with E-state index in [0.717, 1.165) is 0 Å². The topological polar surface area (TPSA) is 59.9 Å². The highest BCUT2D eigenvalue weighted by Gasteiger charge is 2.04. The van der Waals surface area contributed by atoms with Gasteiger partial charge < -0.3 is 10.1 Å². The van der Waals surface area contributed by atoms with Crippen LogP contribution < -0.4 is 10.1 Å². The molecule has 0 radical (unpaired) electrons. The molecular formula is C11H9ClF2N4O. The van der Waals surface area contributed by atoms with E-state index in [2.05, 4.69) is 25.0 Å². The smallest absolute Gasteiger partial charge is 0.387 e. The molecule has 0 atom stereocenters. The molecule has 5 nitrogen and oxygen atoms in total. The predicted molar refractivity (Wildman–Crippen MR) is 65.2 cm³/mol. The molecule has 2 aromatic rings. The summed E-state index contributed by atoms with van der Waals surface area (Å²) in [5.74, 6) is 0.517. The second kappa shape index (κ2) is 6.24. The summed E-state index contributed by atoms with van der Waals surface area (Å²) in [5, 5.41) is 3.23. The Morgan fingerprint density at radius 3 is 2.74 bits per heavy atom. The van der Waals surface area contributed by atoms with Crippen LogP contribution in [0.15, 0.2) is 30.7 Å². The first-order valence-corrected chi connectivity index (χ1v) is 5.62. The highest BCUT2D eigenvalue weighted by molar-refractivity contribution is 6.29. The van der Waals surface area contributed by atoms with Crippen molar-refractivity contribution in [2.45, 2.75) is 13.2 Å². The molecule has 0 aliphatic rings. The summed E-state index contributed by atoms with van der Waals surface area (Å²) in [7, 11) is 0. The van der Waals surface area contributed by atoms with Crippen LogP contribution in [0.1, 0.15) is 5.69 Å². The average molecular weight is 287 g/mol. The van der Waals surface area contributed by atoms with E-state index in [-0.39, 0.29) is 10.9 Å². The maximum Gasteiger partial charge on any atom is 0.387 e. The molecule has 0 saturated heterocycles. The van der Waals surface area contributed by atoms with Gasteiger partial charge in [0.05, 0.1) is 30.8 Å². The number of hydrogen-bond acceptors (Lipinski definition) is 5. The lowest BCUT2D eigenvalue weighted by atomic mass is 10.3. The molecule has 2 aromatic heterocycles. The van der Waals surface area contributed by atoms with E-state index < -0.39 is 6.61 Å². The number of pyridine rings is 1. The highest BCUT2D eigenvalue weighted by atomic mass is 35.5. The molecule has 2 rings (SSSR count). The summed E-state index contributed by atoms with van der Waals surface area (Å²) < 4.78 is 28.1. The van der Waals surface area contributed by atoms with E-state index in [1.807, 2.05) is 0 Å². The van der Waals surface area contributed by atoms with Crippen molar-refractivity contribution in [2.24, 2.45) is 0 Å². The number of ether oxygens (including phenoxy) is 1. The van der Waals surface area contributed by atoms with Crippen LogP contribution in [0.3, 0.4) is 0 Å². The Morgan fingerprint density at radius 1 is 1.26 bits per heavy atom. The summed E-state index contributed by atoms with van der Waals surface area (Å²) in [6.45, 7) is -2.49. The molecule has 1 N–H and O–H groups in total. The van der Waals surface area contributed by atoms with Gasteiger partial charge in [0.15, 0.2) is 0 Å². The molecule has 2 heterocycles. The van der Waals surface area contributed by atoms with Crippen LogP contribution in [0, 0.1) is 0 Å². The number of rotatable bonds is 5. The Bertz CT molecular complexity index is 538. The zero-order valence-corrected chi connectivity index (χ0v) is 10.3. The number of nitrogens with one attached hydrogen (secondary N) is 1. The minimum absolute atomic E-state index is 0.0151. The fourth-order valence-electron chi connectivity index (χ4n) is 1.30. The molecule has 0 amide bonds. The molecule has 0 fully saturated rings. The molecule has 0 aromatic carbocycles. The fraction of sp³-hybridized carbons (Fsp3) is 0.182. The van der Waals surface area contributed by atoms with Gasteiger partial charge in [0.25, 0.3) is 0 Å². The van der Waals surface area contributed by atoms with Gasteiger partial charge in [0.1, 0.15) is 16.7 Å². The zero-order valence-electron chi connectivity index (χ0n) is 9.55. The van der Waals surface area contributed by atoms with Crippen LogP contribution in [0.4, 0.5) is 14.6 Å². The number of hydrogen-bond donors (Lipinski definition) is 1. The standard InChI is InChI=1S/C11H9ClF2N4O/c12-9-5-15-6-10(18-9)17-3-7-1-2-8(4-16-7)19-11(13)14/h1-2,4-6,11H,3H2,(H,17,18). The third-order valence-corrected chi connectivity index (χ3v) is 2.26. The molecule has 0 bridgehead atoms. The lowest BCUT2D eigenvalue weighted by molar-refractivity contribution is -0.0500. The van der Waals surface area contributed by atoms with Gasteiger partial charge in [-0.05, 0) is 12.1 Å². The predicted octanol–water partition coefficient (Wildman–Crippen LogP) is 2.74. The van der Waals surface area contributed by atoms with E-state index in [0.29, 0.717) is 18.1 Å². The van der Waals surface area contributed by atoms with Gasteiger partial charge in [-0.3, -0.25) is 9.97 Å². The lowest BCUT2D eigenvalue weighted by Gasteiger charge is -2.06. The normalized spacial score (nSPS) is 10.5. The van der Waals surface area contributed by atoms with E-state index in [4.69, 9.17) is 11.6 Å². The Hall–Kier alpha value is -2.02. The molecule has 0 aliphatic carbocycles. The summed E-state index contributed by atoms with van der Waals surface area (Å²) in [5.41, 5.74) is 0.642. The zero-order chi connectivity index (χ0) is 13.7. The van der Waals surface area contributed by atoms with Gasteiger partial charge >= 0.3 is 6.61 Å². The van der Waals surface area contributed by atoms with Crippen molar-refractivity contribution in [3.05, 3.63) is 41.6 Å². The van der Waals surface area contributed by atoms with Crippen molar-refractivity contribution in [1.82, 2.24) is 15.0 Å². The van der Waals surface area contributed by atoms with Crippen molar-refractivity contribution < 1.29 is 13.5 Å². The van der Waals surface area contributed by atoms with Crippen LogP contribution >= 0.6 is 11.6 Å². The van der Waals surface area contributed by atoms with E-state index in [1.54, 1.807) is 6.07 Å². The van der Waals surface area contributed by atoms with Crippen LogP contribution in [0.2, 0.25) is 5.15 Å². The first-order valence-electron chi connectivity index (χ1n) is 5.24. The van der Waals surface area contributed by atoms with Gasteiger partial charge in [-0.1, -0.05) is 11.6 Å². The van der Waals surface area contributed by atoms with Crippen molar-refractivity contribution in [1.29, 1.82) is 0 Å². The van der Waals surface area contributed by atoms with E-state index in [1.165, 1.54) is 24.7 Å². The molecule has 19 heavy (non-hydrogen) atoms. The van der Waals surface area contributed by atoms with Crippen molar-refractivity contribution in [2.75, 3.05) is 5.32 Å². The Labute approximate surface area is 112 Å². The number of nitrogens with zero attached hydrogens (tertiary/aromatic N) is 3. The first-order chi connectivity index (χ1) is 9.13. The minimum atomic E-state index is -2.85. The Kier molecular flexibility index (Phi) is 4.40. The average Bonchev–Trinajstić information content (AvgIpc) is 2.37. The molecule has 0 saturated carbocycles. The molecule has 0 unspecified atom stereocenters. The third kappa shape index (κ3) is 4.29. The number of aromatic nitrogens is 3.